The van der Waals surface area contributed by atoms with E-state index in [-0.39, 0.29) is 18.4 Å². The van der Waals surface area contributed by atoms with E-state index in [0.29, 0.717) is 17.6 Å². The summed E-state index contributed by atoms with van der Waals surface area (Å²) in [5.41, 5.74) is 7.15. The van der Waals surface area contributed by atoms with Gasteiger partial charge >= 0.3 is 0 Å². The molecule has 0 saturated heterocycles. The first-order valence-electron chi connectivity index (χ1n) is 6.96. The maximum atomic E-state index is 6.15. The molecular weight excluding hydrogens is 274 g/mol. The van der Waals surface area contributed by atoms with E-state index >= 15 is 0 Å². The highest BCUT2D eigenvalue weighted by atomic mass is 35.5. The minimum atomic E-state index is 0. The summed E-state index contributed by atoms with van der Waals surface area (Å²) in [5.74, 6) is 1.86. The van der Waals surface area contributed by atoms with Crippen LogP contribution in [0.3, 0.4) is 0 Å². The van der Waals surface area contributed by atoms with Crippen LogP contribution in [0.2, 0.25) is 0 Å². The number of rotatable bonds is 3. The highest BCUT2D eigenvalue weighted by Crippen LogP contribution is 2.26. The first kappa shape index (κ1) is 15.0. The summed E-state index contributed by atoms with van der Waals surface area (Å²) < 4.78 is 5.35. The molecule has 0 aliphatic heterocycles. The second kappa shape index (κ2) is 6.86. The normalized spacial score (nSPS) is 22.2. The van der Waals surface area contributed by atoms with Gasteiger partial charge in [0.2, 0.25) is 11.7 Å². The van der Waals surface area contributed by atoms with Gasteiger partial charge in [-0.2, -0.15) is 4.98 Å². The Morgan fingerprint density at radius 3 is 2.65 bits per heavy atom. The van der Waals surface area contributed by atoms with E-state index < -0.39 is 0 Å². The SMILES string of the molecule is Cl.NC1CCCCC1Cc1nc(-c2ccccc2)no1. The lowest BCUT2D eigenvalue weighted by molar-refractivity contribution is 0.273. The number of aromatic nitrogens is 2. The summed E-state index contributed by atoms with van der Waals surface area (Å²) in [6, 6.07) is 10.2. The van der Waals surface area contributed by atoms with Crippen molar-refractivity contribution in [1.29, 1.82) is 0 Å². The Balaban J connectivity index is 0.00000147. The van der Waals surface area contributed by atoms with Crippen LogP contribution in [0.5, 0.6) is 0 Å². The van der Waals surface area contributed by atoms with Gasteiger partial charge in [-0.25, -0.2) is 0 Å². The van der Waals surface area contributed by atoms with Gasteiger partial charge < -0.3 is 10.3 Å². The number of benzene rings is 1. The monoisotopic (exact) mass is 293 g/mol. The van der Waals surface area contributed by atoms with Crippen LogP contribution in [0.4, 0.5) is 0 Å². The molecule has 1 aromatic carbocycles. The topological polar surface area (TPSA) is 64.9 Å². The molecule has 1 saturated carbocycles. The van der Waals surface area contributed by atoms with Gasteiger partial charge in [0, 0.05) is 18.0 Å². The molecule has 1 aliphatic carbocycles. The van der Waals surface area contributed by atoms with Gasteiger partial charge in [0.05, 0.1) is 0 Å². The predicted molar refractivity (Wildman–Crippen MR) is 80.6 cm³/mol. The molecule has 1 fully saturated rings. The fourth-order valence-electron chi connectivity index (χ4n) is 2.76. The van der Waals surface area contributed by atoms with Crippen molar-refractivity contribution in [3.63, 3.8) is 0 Å². The lowest BCUT2D eigenvalue weighted by Crippen LogP contribution is -2.34. The molecule has 2 unspecified atom stereocenters. The van der Waals surface area contributed by atoms with Crippen molar-refractivity contribution in [2.24, 2.45) is 11.7 Å². The molecule has 0 spiro atoms. The zero-order chi connectivity index (χ0) is 13.1. The molecule has 2 aromatic rings. The van der Waals surface area contributed by atoms with Crippen LogP contribution in [-0.2, 0) is 6.42 Å². The Bertz CT molecular complexity index is 529. The summed E-state index contributed by atoms with van der Waals surface area (Å²) in [6.45, 7) is 0. The van der Waals surface area contributed by atoms with Gasteiger partial charge in [-0.05, 0) is 18.8 Å². The van der Waals surface area contributed by atoms with Crippen molar-refractivity contribution in [3.05, 3.63) is 36.2 Å². The molecule has 1 heterocycles. The molecule has 5 heteroatoms. The average molecular weight is 294 g/mol. The molecule has 4 nitrogen and oxygen atoms in total. The molecule has 0 radical (unpaired) electrons. The minimum absolute atomic E-state index is 0. The van der Waals surface area contributed by atoms with Crippen molar-refractivity contribution in [1.82, 2.24) is 10.1 Å². The van der Waals surface area contributed by atoms with E-state index in [2.05, 4.69) is 10.1 Å². The molecule has 20 heavy (non-hydrogen) atoms. The van der Waals surface area contributed by atoms with E-state index in [1.54, 1.807) is 0 Å². The summed E-state index contributed by atoms with van der Waals surface area (Å²) in [5, 5.41) is 4.05. The molecular formula is C15H20ClN3O. The number of hydrogen-bond acceptors (Lipinski definition) is 4. The maximum Gasteiger partial charge on any atom is 0.227 e. The Morgan fingerprint density at radius 1 is 1.15 bits per heavy atom. The minimum Gasteiger partial charge on any atom is -0.339 e. The van der Waals surface area contributed by atoms with Crippen molar-refractivity contribution >= 4 is 12.4 Å². The summed E-state index contributed by atoms with van der Waals surface area (Å²) >= 11 is 0. The average Bonchev–Trinajstić information content (AvgIpc) is 2.91. The maximum absolute atomic E-state index is 6.15. The molecule has 0 amide bonds. The van der Waals surface area contributed by atoms with Crippen LogP contribution >= 0.6 is 12.4 Å². The lowest BCUT2D eigenvalue weighted by Gasteiger charge is -2.27. The van der Waals surface area contributed by atoms with E-state index in [9.17, 15) is 0 Å². The van der Waals surface area contributed by atoms with Gasteiger partial charge in [0.1, 0.15) is 0 Å². The Morgan fingerprint density at radius 2 is 1.90 bits per heavy atom. The molecule has 108 valence electrons. The van der Waals surface area contributed by atoms with Crippen LogP contribution < -0.4 is 5.73 Å². The van der Waals surface area contributed by atoms with E-state index in [0.717, 1.165) is 18.4 Å². The smallest absolute Gasteiger partial charge is 0.227 e. The standard InChI is InChI=1S/C15H19N3O.ClH/c16-13-9-5-4-8-12(13)10-14-17-15(18-19-14)11-6-2-1-3-7-11;/h1-3,6-7,12-13H,4-5,8-10,16H2;1H. The Hall–Kier alpha value is -1.39. The van der Waals surface area contributed by atoms with E-state index in [1.807, 2.05) is 30.3 Å². The summed E-state index contributed by atoms with van der Waals surface area (Å²) in [4.78, 5) is 4.48. The fourth-order valence-corrected chi connectivity index (χ4v) is 2.76. The number of hydrogen-bond donors (Lipinski definition) is 1. The third kappa shape index (κ3) is 3.38. The second-order valence-electron chi connectivity index (χ2n) is 5.29. The molecule has 1 aliphatic rings. The summed E-state index contributed by atoms with van der Waals surface area (Å²) in [6.07, 6.45) is 5.60. The largest absolute Gasteiger partial charge is 0.339 e. The first-order valence-corrected chi connectivity index (χ1v) is 6.96. The van der Waals surface area contributed by atoms with Gasteiger partial charge in [0.15, 0.2) is 0 Å². The third-order valence-electron chi connectivity index (χ3n) is 3.90. The van der Waals surface area contributed by atoms with E-state index in [4.69, 9.17) is 10.3 Å². The van der Waals surface area contributed by atoms with Gasteiger partial charge in [0.25, 0.3) is 0 Å². The molecule has 3 rings (SSSR count). The van der Waals surface area contributed by atoms with Gasteiger partial charge in [-0.3, -0.25) is 0 Å². The predicted octanol–water partition coefficient (Wildman–Crippen LogP) is 3.22. The number of nitrogens with two attached hydrogens (primary N) is 1. The highest BCUT2D eigenvalue weighted by molar-refractivity contribution is 5.85. The van der Waals surface area contributed by atoms with E-state index in [1.165, 1.54) is 19.3 Å². The molecule has 0 bridgehead atoms. The lowest BCUT2D eigenvalue weighted by atomic mass is 9.83. The Labute approximate surface area is 125 Å². The van der Waals surface area contributed by atoms with Crippen molar-refractivity contribution < 1.29 is 4.52 Å². The third-order valence-corrected chi connectivity index (χ3v) is 3.90. The number of halogens is 1. The second-order valence-corrected chi connectivity index (χ2v) is 5.29. The van der Waals surface area contributed by atoms with Crippen molar-refractivity contribution in [2.75, 3.05) is 0 Å². The molecule has 2 atom stereocenters. The molecule has 2 N–H and O–H groups in total. The zero-order valence-electron chi connectivity index (χ0n) is 11.4. The van der Waals surface area contributed by atoms with Crippen LogP contribution in [0.25, 0.3) is 11.4 Å². The van der Waals surface area contributed by atoms with Crippen LogP contribution in [0.1, 0.15) is 31.6 Å². The van der Waals surface area contributed by atoms with Crippen molar-refractivity contribution in [2.45, 2.75) is 38.1 Å². The van der Waals surface area contributed by atoms with Crippen LogP contribution in [-0.4, -0.2) is 16.2 Å². The fraction of sp³-hybridized carbons (Fsp3) is 0.467. The summed E-state index contributed by atoms with van der Waals surface area (Å²) in [7, 11) is 0. The zero-order valence-corrected chi connectivity index (χ0v) is 12.2. The highest BCUT2D eigenvalue weighted by Gasteiger charge is 2.24. The van der Waals surface area contributed by atoms with Gasteiger partial charge in [-0.15, -0.1) is 12.4 Å². The van der Waals surface area contributed by atoms with Crippen LogP contribution in [0, 0.1) is 5.92 Å². The quantitative estimate of drug-likeness (QED) is 0.943. The Kier molecular flexibility index (Phi) is 5.15. The first-order chi connectivity index (χ1) is 9.33. The molecule has 1 aromatic heterocycles. The van der Waals surface area contributed by atoms with Crippen LogP contribution in [0.15, 0.2) is 34.9 Å². The number of nitrogens with zero attached hydrogens (tertiary/aromatic N) is 2. The van der Waals surface area contributed by atoms with Gasteiger partial charge in [-0.1, -0.05) is 48.3 Å². The van der Waals surface area contributed by atoms with Crippen molar-refractivity contribution in [3.8, 4) is 11.4 Å².